The maximum atomic E-state index is 12.1. The van der Waals surface area contributed by atoms with E-state index in [1.807, 2.05) is 24.3 Å². The van der Waals surface area contributed by atoms with Crippen molar-refractivity contribution < 1.29 is 14.7 Å². The molecule has 0 aliphatic carbocycles. The van der Waals surface area contributed by atoms with Gasteiger partial charge in [0.2, 0.25) is 0 Å². The number of carbonyl (C=O) groups is 2. The average Bonchev–Trinajstić information content (AvgIpc) is 2.89. The maximum absolute atomic E-state index is 12.1. The van der Waals surface area contributed by atoms with Gasteiger partial charge in [0.05, 0.1) is 5.56 Å². The van der Waals surface area contributed by atoms with Gasteiger partial charge in [-0.15, -0.1) is 0 Å². The lowest BCUT2D eigenvalue weighted by atomic mass is 10.1. The Hall–Kier alpha value is -2.30. The number of carboxylic acid groups (broad SMARTS) is 1. The standard InChI is InChI=1S/C16H20N2O3/c19-15(20)9-3-1-2-6-10-17-16(21)13-11-18-14-8-5-4-7-12(13)14/h4-5,7-8,11,18H,1-3,6,9-10H2,(H,17,21)(H,19,20). The number of aliphatic carboxylic acids is 1. The minimum absolute atomic E-state index is 0.0713. The van der Waals surface area contributed by atoms with Crippen LogP contribution >= 0.6 is 0 Å². The van der Waals surface area contributed by atoms with E-state index < -0.39 is 5.97 Å². The first kappa shape index (κ1) is 15.1. The van der Waals surface area contributed by atoms with Crippen molar-refractivity contribution in [3.05, 3.63) is 36.0 Å². The van der Waals surface area contributed by atoms with Crippen LogP contribution in [0.1, 0.15) is 42.5 Å². The fourth-order valence-electron chi connectivity index (χ4n) is 2.31. The Balaban J connectivity index is 1.71. The molecule has 0 bridgehead atoms. The Morgan fingerprint density at radius 1 is 1.10 bits per heavy atom. The topological polar surface area (TPSA) is 82.2 Å². The molecule has 0 aliphatic heterocycles. The van der Waals surface area contributed by atoms with Gasteiger partial charge in [-0.05, 0) is 18.9 Å². The quantitative estimate of drug-likeness (QED) is 0.653. The number of amides is 1. The SMILES string of the molecule is O=C(O)CCCCCCNC(=O)c1c[nH]c2ccccc12. The van der Waals surface area contributed by atoms with Gasteiger partial charge in [0.1, 0.15) is 0 Å². The third-order valence-electron chi connectivity index (χ3n) is 3.44. The summed E-state index contributed by atoms with van der Waals surface area (Å²) in [6, 6.07) is 7.70. The number of benzene rings is 1. The normalized spacial score (nSPS) is 10.7. The van der Waals surface area contributed by atoms with E-state index in [1.165, 1.54) is 0 Å². The van der Waals surface area contributed by atoms with Crippen molar-refractivity contribution in [1.82, 2.24) is 10.3 Å². The number of nitrogens with one attached hydrogen (secondary N) is 2. The molecule has 1 aromatic heterocycles. The molecular weight excluding hydrogens is 268 g/mol. The van der Waals surface area contributed by atoms with Crippen LogP contribution in [0.2, 0.25) is 0 Å². The lowest BCUT2D eigenvalue weighted by Gasteiger charge is -2.04. The molecule has 0 fully saturated rings. The number of carboxylic acids is 1. The molecule has 112 valence electrons. The summed E-state index contributed by atoms with van der Waals surface area (Å²) in [5, 5.41) is 12.4. The van der Waals surface area contributed by atoms with Gasteiger partial charge in [-0.3, -0.25) is 9.59 Å². The largest absolute Gasteiger partial charge is 0.481 e. The van der Waals surface area contributed by atoms with Crippen LogP contribution < -0.4 is 5.32 Å². The first-order chi connectivity index (χ1) is 10.2. The number of para-hydroxylation sites is 1. The van der Waals surface area contributed by atoms with Gasteiger partial charge in [0.15, 0.2) is 0 Å². The molecule has 5 nitrogen and oxygen atoms in total. The first-order valence-corrected chi connectivity index (χ1v) is 7.24. The summed E-state index contributed by atoms with van der Waals surface area (Å²) in [6.45, 7) is 0.616. The number of hydrogen-bond acceptors (Lipinski definition) is 2. The van der Waals surface area contributed by atoms with E-state index >= 15 is 0 Å². The first-order valence-electron chi connectivity index (χ1n) is 7.24. The van der Waals surface area contributed by atoms with Crippen LogP contribution in [0, 0.1) is 0 Å². The van der Waals surface area contributed by atoms with Crippen LogP contribution in [-0.4, -0.2) is 28.5 Å². The van der Waals surface area contributed by atoms with E-state index in [9.17, 15) is 9.59 Å². The lowest BCUT2D eigenvalue weighted by Crippen LogP contribution is -2.24. The average molecular weight is 288 g/mol. The number of H-pyrrole nitrogens is 1. The molecule has 0 radical (unpaired) electrons. The molecule has 0 saturated carbocycles. The van der Waals surface area contributed by atoms with Crippen LogP contribution in [0.25, 0.3) is 10.9 Å². The Morgan fingerprint density at radius 3 is 2.67 bits per heavy atom. The highest BCUT2D eigenvalue weighted by atomic mass is 16.4. The summed E-state index contributed by atoms with van der Waals surface area (Å²) in [7, 11) is 0. The minimum atomic E-state index is -0.748. The van der Waals surface area contributed by atoms with Crippen LogP contribution in [0.15, 0.2) is 30.5 Å². The summed E-state index contributed by atoms with van der Waals surface area (Å²) < 4.78 is 0. The van der Waals surface area contributed by atoms with Crippen molar-refractivity contribution in [2.75, 3.05) is 6.54 Å². The number of hydrogen-bond donors (Lipinski definition) is 3. The number of carbonyl (C=O) groups excluding carboxylic acids is 1. The van der Waals surface area contributed by atoms with Crippen LogP contribution in [0.4, 0.5) is 0 Å². The molecule has 1 amide bonds. The van der Waals surface area contributed by atoms with Crippen molar-refractivity contribution in [2.24, 2.45) is 0 Å². The Labute approximate surface area is 123 Å². The maximum Gasteiger partial charge on any atom is 0.303 e. The predicted octanol–water partition coefficient (Wildman–Crippen LogP) is 2.93. The Kier molecular flexibility index (Phi) is 5.37. The number of aromatic nitrogens is 1. The van der Waals surface area contributed by atoms with Gasteiger partial charge in [0.25, 0.3) is 5.91 Å². The van der Waals surface area contributed by atoms with Crippen molar-refractivity contribution in [1.29, 1.82) is 0 Å². The van der Waals surface area contributed by atoms with E-state index in [0.29, 0.717) is 18.5 Å². The van der Waals surface area contributed by atoms with E-state index in [4.69, 9.17) is 5.11 Å². The van der Waals surface area contributed by atoms with E-state index in [0.717, 1.165) is 30.2 Å². The highest BCUT2D eigenvalue weighted by Crippen LogP contribution is 2.17. The molecular formula is C16H20N2O3. The Bertz CT molecular complexity index is 619. The fraction of sp³-hybridized carbons (Fsp3) is 0.375. The monoisotopic (exact) mass is 288 g/mol. The van der Waals surface area contributed by atoms with E-state index in [2.05, 4.69) is 10.3 Å². The van der Waals surface area contributed by atoms with E-state index in [-0.39, 0.29) is 12.3 Å². The van der Waals surface area contributed by atoms with E-state index in [1.54, 1.807) is 6.20 Å². The highest BCUT2D eigenvalue weighted by molar-refractivity contribution is 6.06. The summed E-state index contributed by atoms with van der Waals surface area (Å²) in [5.41, 5.74) is 1.62. The van der Waals surface area contributed by atoms with Crippen LogP contribution in [0.5, 0.6) is 0 Å². The molecule has 0 saturated heterocycles. The summed E-state index contributed by atoms with van der Waals surface area (Å²) in [5.74, 6) is -0.819. The third-order valence-corrected chi connectivity index (χ3v) is 3.44. The van der Waals surface area contributed by atoms with Crippen LogP contribution in [-0.2, 0) is 4.79 Å². The molecule has 1 aromatic carbocycles. The molecule has 0 unspecified atom stereocenters. The lowest BCUT2D eigenvalue weighted by molar-refractivity contribution is -0.137. The number of aromatic amines is 1. The number of fused-ring (bicyclic) bond motifs is 1. The summed E-state index contributed by atoms with van der Waals surface area (Å²) in [4.78, 5) is 25.5. The molecule has 0 atom stereocenters. The van der Waals surface area contributed by atoms with Gasteiger partial charge in [0, 0.05) is 30.1 Å². The second-order valence-corrected chi connectivity index (χ2v) is 5.06. The van der Waals surface area contributed by atoms with Crippen molar-refractivity contribution >= 4 is 22.8 Å². The van der Waals surface area contributed by atoms with Gasteiger partial charge < -0.3 is 15.4 Å². The molecule has 21 heavy (non-hydrogen) atoms. The predicted molar refractivity (Wildman–Crippen MR) is 81.4 cm³/mol. The zero-order chi connectivity index (χ0) is 15.1. The summed E-state index contributed by atoms with van der Waals surface area (Å²) >= 11 is 0. The Morgan fingerprint density at radius 2 is 1.86 bits per heavy atom. The fourth-order valence-corrected chi connectivity index (χ4v) is 2.31. The van der Waals surface area contributed by atoms with Gasteiger partial charge >= 0.3 is 5.97 Å². The van der Waals surface area contributed by atoms with Gasteiger partial charge in [-0.25, -0.2) is 0 Å². The highest BCUT2D eigenvalue weighted by Gasteiger charge is 2.10. The molecule has 2 rings (SSSR count). The van der Waals surface area contributed by atoms with Crippen molar-refractivity contribution in [3.8, 4) is 0 Å². The van der Waals surface area contributed by atoms with Gasteiger partial charge in [-0.2, -0.15) is 0 Å². The molecule has 2 aromatic rings. The van der Waals surface area contributed by atoms with Crippen LogP contribution in [0.3, 0.4) is 0 Å². The van der Waals surface area contributed by atoms with Crippen molar-refractivity contribution in [3.63, 3.8) is 0 Å². The minimum Gasteiger partial charge on any atom is -0.481 e. The third kappa shape index (κ3) is 4.34. The molecule has 5 heteroatoms. The zero-order valence-electron chi connectivity index (χ0n) is 11.9. The second-order valence-electron chi connectivity index (χ2n) is 5.06. The molecule has 0 aliphatic rings. The summed E-state index contributed by atoms with van der Waals surface area (Å²) in [6.07, 6.45) is 5.34. The molecule has 3 N–H and O–H groups in total. The molecule has 1 heterocycles. The number of unbranched alkanes of at least 4 members (excludes halogenated alkanes) is 3. The zero-order valence-corrected chi connectivity index (χ0v) is 11.9. The van der Waals surface area contributed by atoms with Crippen molar-refractivity contribution in [2.45, 2.75) is 32.1 Å². The second kappa shape index (κ2) is 7.47. The smallest absolute Gasteiger partial charge is 0.303 e. The number of rotatable bonds is 8. The molecule has 0 spiro atoms. The van der Waals surface area contributed by atoms with Gasteiger partial charge in [-0.1, -0.05) is 31.0 Å².